The molecule has 0 radical (unpaired) electrons. The van der Waals surface area contributed by atoms with Gasteiger partial charge in [-0.25, -0.2) is 0 Å². The zero-order chi connectivity index (χ0) is 14.4. The Morgan fingerprint density at radius 2 is 2.05 bits per heavy atom. The second-order valence-corrected chi connectivity index (χ2v) is 5.33. The summed E-state index contributed by atoms with van der Waals surface area (Å²) in [5, 5.41) is 9.42. The lowest BCUT2D eigenvalue weighted by molar-refractivity contribution is -0.133. The highest BCUT2D eigenvalue weighted by Crippen LogP contribution is 2.17. The van der Waals surface area contributed by atoms with Crippen LogP contribution in [0.3, 0.4) is 0 Å². The molecule has 4 heteroatoms. The summed E-state index contributed by atoms with van der Waals surface area (Å²) in [6.45, 7) is 3.93. The Kier molecular flexibility index (Phi) is 5.41. The molecule has 0 aromatic heterocycles. The number of hydrogen-bond donors (Lipinski definition) is 1. The first-order valence-corrected chi connectivity index (χ1v) is 7.31. The van der Waals surface area contributed by atoms with E-state index in [4.69, 9.17) is 4.74 Å². The van der Waals surface area contributed by atoms with Crippen molar-refractivity contribution in [1.29, 1.82) is 0 Å². The molecule has 1 aromatic rings. The van der Waals surface area contributed by atoms with Gasteiger partial charge in [-0.2, -0.15) is 0 Å². The average molecular weight is 277 g/mol. The molecule has 2 rings (SSSR count). The van der Waals surface area contributed by atoms with Crippen molar-refractivity contribution in [2.75, 3.05) is 19.7 Å². The van der Waals surface area contributed by atoms with Crippen LogP contribution in [-0.2, 0) is 4.79 Å². The minimum atomic E-state index is -0.233. The van der Waals surface area contributed by atoms with Crippen LogP contribution in [0.5, 0.6) is 5.75 Å². The van der Waals surface area contributed by atoms with Crippen LogP contribution in [0.4, 0.5) is 0 Å². The molecule has 0 bridgehead atoms. The van der Waals surface area contributed by atoms with Crippen LogP contribution >= 0.6 is 0 Å². The van der Waals surface area contributed by atoms with Crippen LogP contribution in [0, 0.1) is 6.92 Å². The Balaban J connectivity index is 1.66. The first-order chi connectivity index (χ1) is 9.66. The lowest BCUT2D eigenvalue weighted by Crippen LogP contribution is -2.40. The van der Waals surface area contributed by atoms with E-state index >= 15 is 0 Å². The predicted octanol–water partition coefficient (Wildman–Crippen LogP) is 2.14. The highest BCUT2D eigenvalue weighted by molar-refractivity contribution is 5.76. The van der Waals surface area contributed by atoms with Crippen molar-refractivity contribution in [3.05, 3.63) is 29.8 Å². The number of hydrogen-bond acceptors (Lipinski definition) is 3. The molecule has 20 heavy (non-hydrogen) atoms. The molecule has 4 nitrogen and oxygen atoms in total. The number of nitrogens with zero attached hydrogens (tertiary/aromatic N) is 1. The van der Waals surface area contributed by atoms with E-state index in [0.29, 0.717) is 39.0 Å². The maximum atomic E-state index is 12.0. The fourth-order valence-corrected chi connectivity index (χ4v) is 2.40. The molecule has 1 aliphatic rings. The molecule has 1 saturated heterocycles. The van der Waals surface area contributed by atoms with Gasteiger partial charge in [-0.15, -0.1) is 0 Å². The van der Waals surface area contributed by atoms with Crippen molar-refractivity contribution in [2.24, 2.45) is 0 Å². The van der Waals surface area contributed by atoms with Crippen LogP contribution in [0.1, 0.15) is 31.2 Å². The van der Waals surface area contributed by atoms with Gasteiger partial charge in [-0.05, 0) is 37.8 Å². The smallest absolute Gasteiger partial charge is 0.222 e. The fourth-order valence-electron chi connectivity index (χ4n) is 2.40. The number of rotatable bonds is 5. The number of likely N-dealkylation sites (tertiary alicyclic amines) is 1. The molecular formula is C16H23NO3. The molecule has 0 atom stereocenters. The quantitative estimate of drug-likeness (QED) is 0.839. The maximum absolute atomic E-state index is 12.0. The van der Waals surface area contributed by atoms with Crippen molar-refractivity contribution in [1.82, 2.24) is 4.90 Å². The monoisotopic (exact) mass is 277 g/mol. The highest BCUT2D eigenvalue weighted by Gasteiger charge is 2.20. The number of carbonyl (C=O) groups is 1. The van der Waals surface area contributed by atoms with Crippen LogP contribution < -0.4 is 4.74 Å². The SMILES string of the molecule is Cc1ccccc1OCCCC(=O)N1CCC(O)CC1. The first kappa shape index (κ1) is 14.9. The highest BCUT2D eigenvalue weighted by atomic mass is 16.5. The van der Waals surface area contributed by atoms with Gasteiger partial charge in [0.1, 0.15) is 5.75 Å². The molecule has 1 aromatic carbocycles. The standard InChI is InChI=1S/C16H23NO3/c1-13-5-2-3-6-15(13)20-12-4-7-16(19)17-10-8-14(18)9-11-17/h2-3,5-6,14,18H,4,7-12H2,1H3. The second-order valence-electron chi connectivity index (χ2n) is 5.33. The number of amides is 1. The van der Waals surface area contributed by atoms with E-state index < -0.39 is 0 Å². The maximum Gasteiger partial charge on any atom is 0.222 e. The van der Waals surface area contributed by atoms with E-state index in [-0.39, 0.29) is 12.0 Å². The molecule has 0 saturated carbocycles. The molecule has 110 valence electrons. The van der Waals surface area contributed by atoms with E-state index in [2.05, 4.69) is 0 Å². The summed E-state index contributed by atoms with van der Waals surface area (Å²) in [6, 6.07) is 7.89. The summed E-state index contributed by atoms with van der Waals surface area (Å²) in [5.74, 6) is 1.06. The summed E-state index contributed by atoms with van der Waals surface area (Å²) in [4.78, 5) is 13.8. The van der Waals surface area contributed by atoms with Gasteiger partial charge in [0.05, 0.1) is 12.7 Å². The number of aryl methyl sites for hydroxylation is 1. The van der Waals surface area contributed by atoms with Gasteiger partial charge in [0.15, 0.2) is 0 Å². The molecule has 1 fully saturated rings. The van der Waals surface area contributed by atoms with Crippen LogP contribution in [-0.4, -0.2) is 41.7 Å². The molecule has 1 heterocycles. The number of piperidine rings is 1. The molecule has 1 N–H and O–H groups in total. The van der Waals surface area contributed by atoms with E-state index in [9.17, 15) is 9.90 Å². The van der Waals surface area contributed by atoms with Crippen molar-refractivity contribution in [3.63, 3.8) is 0 Å². The zero-order valence-electron chi connectivity index (χ0n) is 12.0. The normalized spacial score (nSPS) is 16.2. The number of aliphatic hydroxyl groups is 1. The minimum absolute atomic E-state index is 0.172. The summed E-state index contributed by atoms with van der Waals surface area (Å²) >= 11 is 0. The van der Waals surface area contributed by atoms with Crippen molar-refractivity contribution in [2.45, 2.75) is 38.7 Å². The Labute approximate surface area is 120 Å². The van der Waals surface area contributed by atoms with E-state index in [1.807, 2.05) is 36.1 Å². The van der Waals surface area contributed by atoms with Crippen molar-refractivity contribution in [3.8, 4) is 5.75 Å². The summed E-state index contributed by atoms with van der Waals surface area (Å²) in [5.41, 5.74) is 1.11. The van der Waals surface area contributed by atoms with Crippen LogP contribution in [0.15, 0.2) is 24.3 Å². The second kappa shape index (κ2) is 7.29. The van der Waals surface area contributed by atoms with Crippen molar-refractivity contribution < 1.29 is 14.6 Å². The van der Waals surface area contributed by atoms with Gasteiger partial charge in [0, 0.05) is 19.5 Å². The number of para-hydroxylation sites is 1. The molecule has 0 unspecified atom stereocenters. The van der Waals surface area contributed by atoms with Gasteiger partial charge >= 0.3 is 0 Å². The largest absolute Gasteiger partial charge is 0.493 e. The third-order valence-corrected chi connectivity index (χ3v) is 3.70. The summed E-state index contributed by atoms with van der Waals surface area (Å²) in [6.07, 6.45) is 2.41. The predicted molar refractivity (Wildman–Crippen MR) is 77.7 cm³/mol. The number of aliphatic hydroxyl groups excluding tert-OH is 1. The average Bonchev–Trinajstić information content (AvgIpc) is 2.46. The third-order valence-electron chi connectivity index (χ3n) is 3.70. The Bertz CT molecular complexity index is 439. The van der Waals surface area contributed by atoms with E-state index in [0.717, 1.165) is 17.7 Å². The van der Waals surface area contributed by atoms with Gasteiger partial charge in [-0.1, -0.05) is 18.2 Å². The van der Waals surface area contributed by atoms with Gasteiger partial charge in [0.25, 0.3) is 0 Å². The minimum Gasteiger partial charge on any atom is -0.493 e. The van der Waals surface area contributed by atoms with Crippen molar-refractivity contribution >= 4 is 5.91 Å². The van der Waals surface area contributed by atoms with Crippen LogP contribution in [0.25, 0.3) is 0 Å². The lowest BCUT2D eigenvalue weighted by Gasteiger charge is -2.29. The number of carbonyl (C=O) groups excluding carboxylic acids is 1. The molecule has 1 aliphatic heterocycles. The summed E-state index contributed by atoms with van der Waals surface area (Å²) in [7, 11) is 0. The van der Waals surface area contributed by atoms with Gasteiger partial charge in [-0.3, -0.25) is 4.79 Å². The Hall–Kier alpha value is -1.55. The Morgan fingerprint density at radius 3 is 2.75 bits per heavy atom. The van der Waals surface area contributed by atoms with E-state index in [1.54, 1.807) is 0 Å². The van der Waals surface area contributed by atoms with Gasteiger partial charge in [0.2, 0.25) is 5.91 Å². The molecule has 0 aliphatic carbocycles. The number of benzene rings is 1. The fraction of sp³-hybridized carbons (Fsp3) is 0.562. The zero-order valence-corrected chi connectivity index (χ0v) is 12.0. The summed E-state index contributed by atoms with van der Waals surface area (Å²) < 4.78 is 5.68. The van der Waals surface area contributed by atoms with Crippen LogP contribution in [0.2, 0.25) is 0 Å². The lowest BCUT2D eigenvalue weighted by atomic mass is 10.1. The van der Waals surface area contributed by atoms with E-state index in [1.165, 1.54) is 0 Å². The number of ether oxygens (including phenoxy) is 1. The Morgan fingerprint density at radius 1 is 1.35 bits per heavy atom. The van der Waals surface area contributed by atoms with Gasteiger partial charge < -0.3 is 14.7 Å². The topological polar surface area (TPSA) is 49.8 Å². The molecular weight excluding hydrogens is 254 g/mol. The molecule has 0 spiro atoms. The third kappa shape index (κ3) is 4.23. The molecule has 1 amide bonds. The first-order valence-electron chi connectivity index (χ1n) is 7.31.